The van der Waals surface area contributed by atoms with Crippen molar-refractivity contribution in [2.24, 2.45) is 0 Å². The molecule has 134 valence electrons. The van der Waals surface area contributed by atoms with E-state index in [1.54, 1.807) is 0 Å². The molecule has 0 aliphatic carbocycles. The number of hydrogen-bond acceptors (Lipinski definition) is 5. The zero-order valence-corrected chi connectivity index (χ0v) is 15.3. The molecule has 1 aromatic heterocycles. The van der Waals surface area contributed by atoms with E-state index in [4.69, 9.17) is 9.47 Å². The molecule has 2 aromatic carbocycles. The Kier molecular flexibility index (Phi) is 5.18. The number of piperidine rings is 1. The number of carbonyl (C=O) groups excluding carboxylic acids is 1. The van der Waals surface area contributed by atoms with E-state index < -0.39 is 0 Å². The van der Waals surface area contributed by atoms with Crippen LogP contribution in [0, 0.1) is 0 Å². The minimum atomic E-state index is -0.289. The molecule has 1 aliphatic heterocycles. The molecule has 0 spiro atoms. The van der Waals surface area contributed by atoms with E-state index in [9.17, 15) is 4.79 Å². The number of thiophene rings is 1. The molecular weight excluding hydrogens is 346 g/mol. The predicted octanol–water partition coefficient (Wildman–Crippen LogP) is 4.39. The molecule has 3 aromatic rings. The average molecular weight is 367 g/mol. The molecule has 4 rings (SSSR count). The second-order valence-corrected chi connectivity index (χ2v) is 7.49. The number of hydrogen-bond donors (Lipinski definition) is 1. The van der Waals surface area contributed by atoms with Crippen LogP contribution in [-0.2, 0) is 11.3 Å². The van der Waals surface area contributed by atoms with E-state index in [0.717, 1.165) is 47.3 Å². The summed E-state index contributed by atoms with van der Waals surface area (Å²) >= 11 is 1.45. The van der Waals surface area contributed by atoms with Crippen LogP contribution < -0.4 is 10.1 Å². The minimum Gasteiger partial charge on any atom is -0.490 e. The smallest absolute Gasteiger partial charge is 0.348 e. The lowest BCUT2D eigenvalue weighted by atomic mass is 10.1. The van der Waals surface area contributed by atoms with Crippen LogP contribution >= 0.6 is 11.3 Å². The lowest BCUT2D eigenvalue weighted by Gasteiger charge is -2.24. The second-order valence-electron chi connectivity index (χ2n) is 6.41. The summed E-state index contributed by atoms with van der Waals surface area (Å²) in [6.45, 7) is 2.26. The maximum Gasteiger partial charge on any atom is 0.348 e. The van der Waals surface area contributed by atoms with E-state index >= 15 is 0 Å². The van der Waals surface area contributed by atoms with Crippen molar-refractivity contribution in [2.45, 2.75) is 25.6 Å². The number of rotatable bonds is 5. The van der Waals surface area contributed by atoms with Gasteiger partial charge in [0.05, 0.1) is 0 Å². The Bertz CT molecular complexity index is 885. The Labute approximate surface area is 156 Å². The topological polar surface area (TPSA) is 47.6 Å². The van der Waals surface area contributed by atoms with Crippen molar-refractivity contribution in [1.29, 1.82) is 0 Å². The van der Waals surface area contributed by atoms with Crippen molar-refractivity contribution < 1.29 is 14.3 Å². The summed E-state index contributed by atoms with van der Waals surface area (Å²) in [4.78, 5) is 13.0. The van der Waals surface area contributed by atoms with Crippen LogP contribution in [0.15, 0.2) is 54.6 Å². The maximum atomic E-state index is 12.4. The zero-order valence-electron chi connectivity index (χ0n) is 14.4. The number of esters is 1. The van der Waals surface area contributed by atoms with Crippen molar-refractivity contribution in [3.05, 3.63) is 65.0 Å². The molecular formula is C21H21NO3S. The monoisotopic (exact) mass is 367 g/mol. The van der Waals surface area contributed by atoms with E-state index in [1.165, 1.54) is 11.3 Å². The lowest BCUT2D eigenvalue weighted by Crippen LogP contribution is -2.34. The van der Waals surface area contributed by atoms with Gasteiger partial charge in [0, 0.05) is 10.1 Å². The highest BCUT2D eigenvalue weighted by atomic mass is 32.1. The van der Waals surface area contributed by atoms with Gasteiger partial charge in [-0.3, -0.25) is 0 Å². The van der Waals surface area contributed by atoms with Crippen LogP contribution in [0.25, 0.3) is 10.1 Å². The Morgan fingerprint density at radius 1 is 1.08 bits per heavy atom. The molecule has 2 heterocycles. The van der Waals surface area contributed by atoms with Gasteiger partial charge < -0.3 is 14.8 Å². The third-order valence-electron chi connectivity index (χ3n) is 4.52. The highest BCUT2D eigenvalue weighted by molar-refractivity contribution is 7.20. The second kappa shape index (κ2) is 7.89. The van der Waals surface area contributed by atoms with Crippen molar-refractivity contribution in [3.8, 4) is 5.75 Å². The summed E-state index contributed by atoms with van der Waals surface area (Å²) in [5.74, 6) is 0.565. The van der Waals surface area contributed by atoms with E-state index in [0.29, 0.717) is 4.88 Å². The zero-order chi connectivity index (χ0) is 17.8. The summed E-state index contributed by atoms with van der Waals surface area (Å²) in [5, 5.41) is 4.33. The largest absolute Gasteiger partial charge is 0.490 e. The number of benzene rings is 2. The van der Waals surface area contributed by atoms with E-state index in [2.05, 4.69) is 5.32 Å². The molecule has 5 heteroatoms. The first-order chi connectivity index (χ1) is 12.8. The normalized spacial score (nSPS) is 15.1. The van der Waals surface area contributed by atoms with E-state index in [1.807, 2.05) is 54.6 Å². The molecule has 0 atom stereocenters. The molecule has 26 heavy (non-hydrogen) atoms. The molecule has 1 N–H and O–H groups in total. The molecule has 0 amide bonds. The fourth-order valence-electron chi connectivity index (χ4n) is 3.12. The molecule has 1 saturated heterocycles. The van der Waals surface area contributed by atoms with Crippen LogP contribution in [0.1, 0.15) is 28.1 Å². The van der Waals surface area contributed by atoms with Crippen molar-refractivity contribution >= 4 is 27.4 Å². The number of nitrogens with one attached hydrogen (secondary N) is 1. The van der Waals surface area contributed by atoms with Crippen molar-refractivity contribution in [3.63, 3.8) is 0 Å². The highest BCUT2D eigenvalue weighted by Crippen LogP contribution is 2.34. The van der Waals surface area contributed by atoms with Gasteiger partial charge >= 0.3 is 5.97 Å². The Balaban J connectivity index is 1.49. The summed E-state index contributed by atoms with van der Waals surface area (Å²) in [6, 6.07) is 17.6. The van der Waals surface area contributed by atoms with Crippen molar-refractivity contribution in [1.82, 2.24) is 5.32 Å². The van der Waals surface area contributed by atoms with Gasteiger partial charge in [0.25, 0.3) is 0 Å². The maximum absolute atomic E-state index is 12.4. The van der Waals surface area contributed by atoms with Gasteiger partial charge in [0.15, 0.2) is 0 Å². The van der Waals surface area contributed by atoms with Gasteiger partial charge in [-0.2, -0.15) is 0 Å². The lowest BCUT2D eigenvalue weighted by molar-refractivity contribution is 0.0478. The van der Waals surface area contributed by atoms with Crippen LogP contribution in [0.3, 0.4) is 0 Å². The van der Waals surface area contributed by atoms with Gasteiger partial charge in [-0.1, -0.05) is 36.4 Å². The summed E-state index contributed by atoms with van der Waals surface area (Å²) < 4.78 is 12.7. The molecule has 0 saturated carbocycles. The molecule has 1 aliphatic rings. The fraction of sp³-hybridized carbons (Fsp3) is 0.286. The number of ether oxygens (including phenoxy) is 2. The Hall–Kier alpha value is -2.37. The van der Waals surface area contributed by atoms with Crippen LogP contribution in [-0.4, -0.2) is 25.2 Å². The fourth-order valence-corrected chi connectivity index (χ4v) is 4.10. The van der Waals surface area contributed by atoms with Crippen molar-refractivity contribution in [2.75, 3.05) is 13.1 Å². The summed E-state index contributed by atoms with van der Waals surface area (Å²) in [6.07, 6.45) is 2.24. The van der Waals surface area contributed by atoms with Gasteiger partial charge in [-0.05, 0) is 49.7 Å². The first kappa shape index (κ1) is 17.1. The Morgan fingerprint density at radius 3 is 2.69 bits per heavy atom. The first-order valence-corrected chi connectivity index (χ1v) is 9.72. The molecule has 4 nitrogen and oxygen atoms in total. The van der Waals surface area contributed by atoms with Crippen LogP contribution in [0.4, 0.5) is 0 Å². The third-order valence-corrected chi connectivity index (χ3v) is 5.60. The summed E-state index contributed by atoms with van der Waals surface area (Å²) in [5.41, 5.74) is 0.983. The molecule has 0 radical (unpaired) electrons. The van der Waals surface area contributed by atoms with E-state index in [-0.39, 0.29) is 18.7 Å². The first-order valence-electron chi connectivity index (χ1n) is 8.90. The van der Waals surface area contributed by atoms with Gasteiger partial charge in [-0.25, -0.2) is 4.79 Å². The SMILES string of the molecule is O=C(OCc1ccccc1)c1cc2c(OC3CCNCC3)cccc2s1. The number of fused-ring (bicyclic) bond motifs is 1. The molecule has 1 fully saturated rings. The Morgan fingerprint density at radius 2 is 1.88 bits per heavy atom. The minimum absolute atomic E-state index is 0.232. The standard InChI is InChI=1S/C21H21NO3S/c23-21(24-14-15-5-2-1-3-6-15)20-13-17-18(7-4-8-19(17)26-20)25-16-9-11-22-12-10-16/h1-8,13,16,22H,9-12,14H2. The molecule has 0 unspecified atom stereocenters. The van der Waals surface area contributed by atoms with Gasteiger partial charge in [-0.15, -0.1) is 11.3 Å². The highest BCUT2D eigenvalue weighted by Gasteiger charge is 2.18. The summed E-state index contributed by atoms with van der Waals surface area (Å²) in [7, 11) is 0. The van der Waals surface area contributed by atoms with Crippen LogP contribution in [0.2, 0.25) is 0 Å². The predicted molar refractivity (Wildman–Crippen MR) is 104 cm³/mol. The quantitative estimate of drug-likeness (QED) is 0.680. The third kappa shape index (κ3) is 3.89. The van der Waals surface area contributed by atoms with Gasteiger partial charge in [0.1, 0.15) is 23.3 Å². The van der Waals surface area contributed by atoms with Crippen LogP contribution in [0.5, 0.6) is 5.75 Å². The van der Waals surface area contributed by atoms with Gasteiger partial charge in [0.2, 0.25) is 0 Å². The molecule has 0 bridgehead atoms. The average Bonchev–Trinajstić information content (AvgIpc) is 3.13. The number of carbonyl (C=O) groups is 1.